The number of aromatic nitrogens is 2. The van der Waals surface area contributed by atoms with Crippen LogP contribution in [0.5, 0.6) is 0 Å². The third kappa shape index (κ3) is 3.68. The number of imidazole rings is 1. The Morgan fingerprint density at radius 2 is 2.08 bits per heavy atom. The molecule has 1 unspecified atom stereocenters. The van der Waals surface area contributed by atoms with Crippen molar-refractivity contribution in [1.29, 1.82) is 0 Å². The third-order valence-corrected chi connectivity index (χ3v) is 4.74. The van der Waals surface area contributed by atoms with Gasteiger partial charge in [-0.05, 0) is 43.0 Å². The normalized spacial score (nSPS) is 12.7. The predicted octanol–water partition coefficient (Wildman–Crippen LogP) is 4.16. The average Bonchev–Trinajstić information content (AvgIpc) is 3.22. The summed E-state index contributed by atoms with van der Waals surface area (Å²) in [6.07, 6.45) is 1.55. The van der Waals surface area contributed by atoms with Gasteiger partial charge >= 0.3 is 0 Å². The highest BCUT2D eigenvalue weighted by molar-refractivity contribution is 7.99. The lowest BCUT2D eigenvalue weighted by Gasteiger charge is -2.24. The van der Waals surface area contributed by atoms with Crippen molar-refractivity contribution in [3.05, 3.63) is 48.4 Å². The molecule has 0 aliphatic carbocycles. The summed E-state index contributed by atoms with van der Waals surface area (Å²) in [4.78, 5) is 18.4. The van der Waals surface area contributed by atoms with Gasteiger partial charge in [-0.25, -0.2) is 4.98 Å². The lowest BCUT2D eigenvalue weighted by atomic mass is 10.2. The van der Waals surface area contributed by atoms with E-state index in [0.29, 0.717) is 28.6 Å². The lowest BCUT2D eigenvalue weighted by Crippen LogP contribution is -2.32. The number of carbonyl (C=O) groups excluding carboxylic acids is 1. The van der Waals surface area contributed by atoms with E-state index in [-0.39, 0.29) is 23.7 Å². The smallest absolute Gasteiger partial charge is 0.291 e. The van der Waals surface area contributed by atoms with Crippen LogP contribution in [0, 0.1) is 0 Å². The number of carbonyl (C=O) groups is 1. The number of thioether (sulfide) groups is 1. The third-order valence-electron chi connectivity index (χ3n) is 4.04. The Bertz CT molecular complexity index is 864. The van der Waals surface area contributed by atoms with Gasteiger partial charge in [0.25, 0.3) is 5.76 Å². The van der Waals surface area contributed by atoms with E-state index in [2.05, 4.69) is 4.98 Å². The molecule has 0 bridgehead atoms. The summed E-state index contributed by atoms with van der Waals surface area (Å²) in [6.45, 7) is 1.77. The van der Waals surface area contributed by atoms with Crippen molar-refractivity contribution in [2.75, 3.05) is 7.05 Å². The number of benzene rings is 1. The fourth-order valence-electron chi connectivity index (χ4n) is 2.56. The molecule has 132 valence electrons. The maximum Gasteiger partial charge on any atom is 0.291 e. The maximum atomic E-state index is 12.8. The van der Waals surface area contributed by atoms with Crippen molar-refractivity contribution in [2.45, 2.75) is 30.4 Å². The number of halogens is 2. The molecule has 0 saturated heterocycles. The minimum atomic E-state index is -2.61. The molecular weight excluding hydrogens is 348 g/mol. The first-order valence-corrected chi connectivity index (χ1v) is 8.54. The topological polar surface area (TPSA) is 51.3 Å². The molecule has 1 aromatic carbocycles. The highest BCUT2D eigenvalue weighted by Gasteiger charge is 2.23. The highest BCUT2D eigenvalue weighted by Crippen LogP contribution is 2.29. The summed E-state index contributed by atoms with van der Waals surface area (Å²) >= 11 is 0.340. The number of hydrogen-bond acceptors (Lipinski definition) is 4. The van der Waals surface area contributed by atoms with Gasteiger partial charge in [0.15, 0.2) is 5.16 Å². The second-order valence-electron chi connectivity index (χ2n) is 5.54. The number of fused-ring (bicyclic) bond motifs is 1. The molecule has 3 aromatic rings. The first-order chi connectivity index (χ1) is 12.0. The van der Waals surface area contributed by atoms with Gasteiger partial charge in [0, 0.05) is 7.05 Å². The Morgan fingerprint density at radius 1 is 1.32 bits per heavy atom. The van der Waals surface area contributed by atoms with E-state index in [1.165, 1.54) is 9.47 Å². The number of para-hydroxylation sites is 2. The van der Waals surface area contributed by atoms with E-state index in [4.69, 9.17) is 4.42 Å². The van der Waals surface area contributed by atoms with Gasteiger partial charge in [-0.3, -0.25) is 4.79 Å². The van der Waals surface area contributed by atoms with E-state index >= 15 is 0 Å². The van der Waals surface area contributed by atoms with Gasteiger partial charge < -0.3 is 13.9 Å². The zero-order valence-corrected chi connectivity index (χ0v) is 14.5. The first kappa shape index (κ1) is 17.5. The molecule has 0 aliphatic heterocycles. The molecule has 0 saturated carbocycles. The molecular formula is C17H17F2N3O2S. The van der Waals surface area contributed by atoms with Crippen LogP contribution in [0.15, 0.2) is 52.2 Å². The SMILES string of the molecule is CC(c1ccco1)N(C)C(=O)Cn1c(SC(F)F)nc2ccccc21. The van der Waals surface area contributed by atoms with Gasteiger partial charge in [-0.2, -0.15) is 8.78 Å². The number of furan rings is 1. The zero-order chi connectivity index (χ0) is 18.0. The number of rotatable bonds is 6. The molecule has 25 heavy (non-hydrogen) atoms. The molecule has 1 atom stereocenters. The number of nitrogens with zero attached hydrogens (tertiary/aromatic N) is 3. The molecule has 0 N–H and O–H groups in total. The van der Waals surface area contributed by atoms with E-state index in [1.54, 1.807) is 49.7 Å². The standard InChI is InChI=1S/C17H17F2N3O2S/c1-11(14-8-5-9-24-14)21(2)15(23)10-22-13-7-4-3-6-12(13)20-17(22)25-16(18)19/h3-9,11,16H,10H2,1-2H3. The molecule has 0 fully saturated rings. The van der Waals surface area contributed by atoms with Crippen LogP contribution in [-0.2, 0) is 11.3 Å². The minimum Gasteiger partial charge on any atom is -0.467 e. The van der Waals surface area contributed by atoms with Crippen LogP contribution in [0.3, 0.4) is 0 Å². The quantitative estimate of drug-likeness (QED) is 0.616. The Hall–Kier alpha value is -2.35. The summed E-state index contributed by atoms with van der Waals surface area (Å²) in [5.74, 6) is -2.16. The molecule has 5 nitrogen and oxygen atoms in total. The minimum absolute atomic E-state index is 0.0723. The van der Waals surface area contributed by atoms with E-state index in [0.717, 1.165) is 0 Å². The summed E-state index contributed by atoms with van der Waals surface area (Å²) < 4.78 is 32.5. The Balaban J connectivity index is 1.87. The van der Waals surface area contributed by atoms with Crippen LogP contribution in [-0.4, -0.2) is 33.2 Å². The predicted molar refractivity (Wildman–Crippen MR) is 91.5 cm³/mol. The lowest BCUT2D eigenvalue weighted by molar-refractivity contribution is -0.132. The van der Waals surface area contributed by atoms with Crippen LogP contribution in [0.1, 0.15) is 18.7 Å². The summed E-state index contributed by atoms with van der Waals surface area (Å²) in [5.41, 5.74) is 1.23. The van der Waals surface area contributed by atoms with Gasteiger partial charge in [0.05, 0.1) is 23.3 Å². The molecule has 1 amide bonds. The monoisotopic (exact) mass is 365 g/mol. The van der Waals surface area contributed by atoms with Gasteiger partial charge in [0.1, 0.15) is 12.3 Å². The van der Waals surface area contributed by atoms with Crippen LogP contribution in [0.2, 0.25) is 0 Å². The van der Waals surface area contributed by atoms with Crippen molar-refractivity contribution in [1.82, 2.24) is 14.5 Å². The van der Waals surface area contributed by atoms with E-state index in [1.807, 2.05) is 6.92 Å². The van der Waals surface area contributed by atoms with Crippen molar-refractivity contribution in [2.24, 2.45) is 0 Å². The van der Waals surface area contributed by atoms with Crippen molar-refractivity contribution in [3.8, 4) is 0 Å². The van der Waals surface area contributed by atoms with Crippen LogP contribution in [0.4, 0.5) is 8.78 Å². The second-order valence-corrected chi connectivity index (χ2v) is 6.50. The molecule has 2 aromatic heterocycles. The Kier molecular flexibility index (Phi) is 5.08. The first-order valence-electron chi connectivity index (χ1n) is 7.66. The Morgan fingerprint density at radius 3 is 2.76 bits per heavy atom. The summed E-state index contributed by atoms with van der Waals surface area (Å²) in [7, 11) is 1.66. The molecule has 0 spiro atoms. The van der Waals surface area contributed by atoms with Crippen molar-refractivity contribution >= 4 is 28.7 Å². The molecule has 0 radical (unpaired) electrons. The van der Waals surface area contributed by atoms with E-state index in [9.17, 15) is 13.6 Å². The maximum absolute atomic E-state index is 12.8. The number of likely N-dealkylation sites (N-methyl/N-ethyl adjacent to an activating group) is 1. The Labute approximate surface area is 147 Å². The van der Waals surface area contributed by atoms with Crippen LogP contribution in [0.25, 0.3) is 11.0 Å². The zero-order valence-electron chi connectivity index (χ0n) is 13.7. The molecule has 0 aliphatic rings. The van der Waals surface area contributed by atoms with Crippen molar-refractivity contribution in [3.63, 3.8) is 0 Å². The average molecular weight is 365 g/mol. The molecule has 2 heterocycles. The van der Waals surface area contributed by atoms with Crippen molar-refractivity contribution < 1.29 is 18.0 Å². The summed E-state index contributed by atoms with van der Waals surface area (Å²) in [5, 5.41) is 0.128. The van der Waals surface area contributed by atoms with E-state index < -0.39 is 5.76 Å². The second kappa shape index (κ2) is 7.26. The van der Waals surface area contributed by atoms with Gasteiger partial charge in [-0.1, -0.05) is 12.1 Å². The number of hydrogen-bond donors (Lipinski definition) is 0. The molecule has 3 rings (SSSR count). The van der Waals surface area contributed by atoms with Crippen LogP contribution >= 0.6 is 11.8 Å². The number of amides is 1. The molecule has 8 heteroatoms. The van der Waals surface area contributed by atoms with Gasteiger partial charge in [0.2, 0.25) is 5.91 Å². The van der Waals surface area contributed by atoms with Crippen LogP contribution < -0.4 is 0 Å². The highest BCUT2D eigenvalue weighted by atomic mass is 32.2. The number of alkyl halides is 2. The van der Waals surface area contributed by atoms with Gasteiger partial charge in [-0.15, -0.1) is 0 Å². The fraction of sp³-hybridized carbons (Fsp3) is 0.294. The summed E-state index contributed by atoms with van der Waals surface area (Å²) in [6, 6.07) is 10.4. The fourth-order valence-corrected chi connectivity index (χ4v) is 3.16. The largest absolute Gasteiger partial charge is 0.467 e.